The Bertz CT molecular complexity index is 503. The van der Waals surface area contributed by atoms with Gasteiger partial charge in [-0.2, -0.15) is 0 Å². The van der Waals surface area contributed by atoms with Crippen molar-refractivity contribution in [1.29, 1.82) is 0 Å². The van der Waals surface area contributed by atoms with Crippen molar-refractivity contribution in [3.8, 4) is 11.5 Å². The average Bonchev–Trinajstić information content (AvgIpc) is 2.58. The van der Waals surface area contributed by atoms with Crippen LogP contribution in [0.5, 0.6) is 11.5 Å². The van der Waals surface area contributed by atoms with Crippen LogP contribution in [0.15, 0.2) is 24.3 Å². The number of hydrogen-bond donors (Lipinski definition) is 0. The fraction of sp³-hybridized carbons (Fsp3) is 0.632. The summed E-state index contributed by atoms with van der Waals surface area (Å²) in [5.41, 5.74) is 0. The van der Waals surface area contributed by atoms with Gasteiger partial charge in [0.15, 0.2) is 11.5 Å². The molecule has 0 radical (unpaired) electrons. The lowest BCUT2D eigenvalue weighted by Gasteiger charge is -2.25. The van der Waals surface area contributed by atoms with Crippen molar-refractivity contribution >= 4 is 18.2 Å². The van der Waals surface area contributed by atoms with Gasteiger partial charge in [-0.1, -0.05) is 38.8 Å². The molecule has 1 aromatic rings. The van der Waals surface area contributed by atoms with Gasteiger partial charge in [-0.25, -0.2) is 13.4 Å². The van der Waals surface area contributed by atoms with Crippen LogP contribution in [0.3, 0.4) is 0 Å². The largest absolute Gasteiger partial charge is 0.487 e. The molecule has 0 aliphatic rings. The van der Waals surface area contributed by atoms with Crippen molar-refractivity contribution in [3.63, 3.8) is 0 Å². The second kappa shape index (κ2) is 12.0. The van der Waals surface area contributed by atoms with Crippen LogP contribution in [0.2, 0.25) is 0 Å². The lowest BCUT2D eigenvalue weighted by atomic mass is 10.3. The van der Waals surface area contributed by atoms with Crippen LogP contribution in [0, 0.1) is 0 Å². The Kier molecular flexibility index (Phi) is 10.4. The van der Waals surface area contributed by atoms with E-state index in [1.54, 1.807) is 13.1 Å². The molecule has 1 rings (SSSR count). The first kappa shape index (κ1) is 21.6. The Morgan fingerprint density at radius 2 is 1.64 bits per heavy atom. The van der Waals surface area contributed by atoms with Crippen molar-refractivity contribution in [3.05, 3.63) is 24.3 Å². The molecule has 1 aromatic carbocycles. The molecule has 5 nitrogen and oxygen atoms in total. The molecule has 1 amide bonds. The van der Waals surface area contributed by atoms with Crippen molar-refractivity contribution in [2.24, 2.45) is 0 Å². The number of nitrogens with zero attached hydrogens (tertiary/aromatic N) is 2. The summed E-state index contributed by atoms with van der Waals surface area (Å²) in [4.78, 5) is 12.4. The maximum absolute atomic E-state index is 12.4. The minimum atomic E-state index is -0.400. The Morgan fingerprint density at radius 3 is 2.16 bits per heavy atom. The summed E-state index contributed by atoms with van der Waals surface area (Å²) < 4.78 is 15.0. The summed E-state index contributed by atoms with van der Waals surface area (Å²) in [6.45, 7) is 10.2. The van der Waals surface area contributed by atoms with Gasteiger partial charge in [-0.3, -0.25) is 0 Å². The maximum Gasteiger partial charge on any atom is 0.426 e. The first-order valence-electron chi connectivity index (χ1n) is 9.12. The van der Waals surface area contributed by atoms with Gasteiger partial charge in [-0.15, -0.1) is 0 Å². The molecule has 0 saturated carbocycles. The topological polar surface area (TPSA) is 42.0 Å². The van der Waals surface area contributed by atoms with E-state index in [2.05, 4.69) is 18.2 Å². The number of para-hydroxylation sites is 2. The Balaban J connectivity index is 2.65. The van der Waals surface area contributed by atoms with E-state index in [0.717, 1.165) is 38.8 Å². The normalized spacial score (nSPS) is 11.0. The van der Waals surface area contributed by atoms with Crippen molar-refractivity contribution < 1.29 is 14.3 Å². The molecule has 0 N–H and O–H groups in total. The third kappa shape index (κ3) is 8.50. The summed E-state index contributed by atoms with van der Waals surface area (Å²) in [5.74, 6) is 1.03. The summed E-state index contributed by atoms with van der Waals surface area (Å²) in [6.07, 6.45) is 4.12. The molecule has 6 heteroatoms. The van der Waals surface area contributed by atoms with Crippen LogP contribution >= 0.6 is 12.1 Å². The van der Waals surface area contributed by atoms with E-state index in [0.29, 0.717) is 11.5 Å². The van der Waals surface area contributed by atoms with Gasteiger partial charge in [-0.05, 0) is 38.8 Å². The van der Waals surface area contributed by atoms with E-state index in [4.69, 9.17) is 9.47 Å². The second-order valence-electron chi connectivity index (χ2n) is 6.20. The Labute approximate surface area is 156 Å². The molecule has 0 aromatic heterocycles. The third-order valence-corrected chi connectivity index (χ3v) is 4.42. The standard InChI is InChI=1S/C19H32N2O3S/c1-6-8-14-21(15-9-7-2)25-20(5)19(22)24-18-13-11-10-12-17(18)23-16(3)4/h10-13,16H,6-9,14-15H2,1-5H3. The van der Waals surface area contributed by atoms with Gasteiger partial charge in [0.05, 0.1) is 6.10 Å². The van der Waals surface area contributed by atoms with Gasteiger partial charge >= 0.3 is 6.09 Å². The van der Waals surface area contributed by atoms with E-state index in [1.165, 1.54) is 16.4 Å². The highest BCUT2D eigenvalue weighted by Gasteiger charge is 2.18. The Hall–Kier alpha value is -1.40. The summed E-state index contributed by atoms with van der Waals surface area (Å²) in [6, 6.07) is 7.26. The van der Waals surface area contributed by atoms with Crippen LogP contribution in [0.25, 0.3) is 0 Å². The predicted molar refractivity (Wildman–Crippen MR) is 105 cm³/mol. The monoisotopic (exact) mass is 368 g/mol. The van der Waals surface area contributed by atoms with E-state index in [9.17, 15) is 4.79 Å². The highest BCUT2D eigenvalue weighted by molar-refractivity contribution is 7.95. The zero-order chi connectivity index (χ0) is 18.7. The SMILES string of the molecule is CCCCN(CCCC)SN(C)C(=O)Oc1ccccc1OC(C)C. The molecule has 0 aliphatic carbocycles. The number of ether oxygens (including phenoxy) is 2. The second-order valence-corrected chi connectivity index (χ2v) is 7.42. The van der Waals surface area contributed by atoms with Crippen molar-refractivity contribution in [2.75, 3.05) is 20.1 Å². The van der Waals surface area contributed by atoms with Crippen LogP contribution < -0.4 is 9.47 Å². The van der Waals surface area contributed by atoms with Crippen LogP contribution in [-0.4, -0.2) is 40.9 Å². The zero-order valence-electron chi connectivity index (χ0n) is 16.2. The van der Waals surface area contributed by atoms with Crippen LogP contribution in [0.1, 0.15) is 53.4 Å². The quantitative estimate of drug-likeness (QED) is 0.491. The number of unbranched alkanes of at least 4 members (excludes halogenated alkanes) is 2. The number of carbonyl (C=O) groups is 1. The molecule has 0 spiro atoms. The fourth-order valence-electron chi connectivity index (χ4n) is 2.11. The number of amides is 1. The van der Waals surface area contributed by atoms with E-state index in [-0.39, 0.29) is 6.10 Å². The number of carbonyl (C=O) groups excluding carboxylic acids is 1. The van der Waals surface area contributed by atoms with Crippen molar-refractivity contribution in [1.82, 2.24) is 8.61 Å². The van der Waals surface area contributed by atoms with E-state index < -0.39 is 6.09 Å². The summed E-state index contributed by atoms with van der Waals surface area (Å²) in [5, 5.41) is 0. The van der Waals surface area contributed by atoms with Gasteiger partial charge in [0, 0.05) is 32.3 Å². The lowest BCUT2D eigenvalue weighted by Crippen LogP contribution is -2.30. The smallest absolute Gasteiger partial charge is 0.426 e. The molecular weight excluding hydrogens is 336 g/mol. The molecule has 0 unspecified atom stereocenters. The number of hydrogen-bond acceptors (Lipinski definition) is 5. The zero-order valence-corrected chi connectivity index (χ0v) is 17.0. The number of benzene rings is 1. The van der Waals surface area contributed by atoms with E-state index >= 15 is 0 Å². The van der Waals surface area contributed by atoms with Crippen LogP contribution in [0.4, 0.5) is 4.79 Å². The molecular formula is C19H32N2O3S. The molecule has 0 fully saturated rings. The summed E-state index contributed by atoms with van der Waals surface area (Å²) in [7, 11) is 1.74. The Morgan fingerprint density at radius 1 is 1.08 bits per heavy atom. The minimum Gasteiger partial charge on any atom is -0.487 e. The van der Waals surface area contributed by atoms with Crippen LogP contribution in [-0.2, 0) is 0 Å². The number of rotatable bonds is 11. The van der Waals surface area contributed by atoms with Gasteiger partial charge < -0.3 is 9.47 Å². The minimum absolute atomic E-state index is 0.0190. The molecule has 0 saturated heterocycles. The molecule has 25 heavy (non-hydrogen) atoms. The molecule has 0 bridgehead atoms. The molecule has 0 aliphatic heterocycles. The average molecular weight is 369 g/mol. The van der Waals surface area contributed by atoms with E-state index in [1.807, 2.05) is 32.0 Å². The fourth-order valence-corrected chi connectivity index (χ4v) is 2.98. The molecule has 0 atom stereocenters. The first-order valence-corrected chi connectivity index (χ1v) is 9.85. The van der Waals surface area contributed by atoms with Gasteiger partial charge in [0.25, 0.3) is 0 Å². The maximum atomic E-state index is 12.4. The molecule has 0 heterocycles. The predicted octanol–water partition coefficient (Wildman–Crippen LogP) is 5.37. The van der Waals surface area contributed by atoms with Gasteiger partial charge in [0.2, 0.25) is 0 Å². The third-order valence-electron chi connectivity index (χ3n) is 3.43. The summed E-state index contributed by atoms with van der Waals surface area (Å²) >= 11 is 1.42. The highest BCUT2D eigenvalue weighted by atomic mass is 32.2. The molecule has 142 valence electrons. The lowest BCUT2D eigenvalue weighted by molar-refractivity contribution is 0.179. The van der Waals surface area contributed by atoms with Gasteiger partial charge in [0.1, 0.15) is 0 Å². The highest BCUT2D eigenvalue weighted by Crippen LogP contribution is 2.28. The van der Waals surface area contributed by atoms with Crippen molar-refractivity contribution in [2.45, 2.75) is 59.5 Å². The first-order chi connectivity index (χ1) is 12.0.